The fourth-order valence-corrected chi connectivity index (χ4v) is 3.00. The number of aliphatic hydroxyl groups is 1. The van der Waals surface area contributed by atoms with Crippen molar-refractivity contribution < 1.29 is 5.11 Å². The van der Waals surface area contributed by atoms with Crippen LogP contribution in [0.2, 0.25) is 0 Å². The molecule has 0 aliphatic carbocycles. The molecule has 3 unspecified atom stereocenters. The van der Waals surface area contributed by atoms with Gasteiger partial charge in [0.05, 0.1) is 6.61 Å². The molecule has 1 saturated heterocycles. The summed E-state index contributed by atoms with van der Waals surface area (Å²) >= 11 is 0. The Balaban J connectivity index is 2.45. The lowest BCUT2D eigenvalue weighted by atomic mass is 9.93. The number of aliphatic hydroxyl groups excluding tert-OH is 1. The van der Waals surface area contributed by atoms with Gasteiger partial charge in [-0.15, -0.1) is 0 Å². The van der Waals surface area contributed by atoms with E-state index in [1.54, 1.807) is 0 Å². The Morgan fingerprint density at radius 1 is 1.47 bits per heavy atom. The molecule has 102 valence electrons. The number of nitrogens with one attached hydrogen (secondary N) is 1. The summed E-state index contributed by atoms with van der Waals surface area (Å²) in [7, 11) is 0. The van der Waals surface area contributed by atoms with Crippen LogP contribution in [0.3, 0.4) is 0 Å². The second kappa shape index (κ2) is 6.72. The van der Waals surface area contributed by atoms with E-state index in [1.165, 1.54) is 25.9 Å². The zero-order valence-corrected chi connectivity index (χ0v) is 12.0. The molecule has 0 aromatic rings. The molecule has 0 saturated carbocycles. The number of likely N-dealkylation sites (N-methyl/N-ethyl adjacent to an activating group) is 1. The van der Waals surface area contributed by atoms with Gasteiger partial charge in [-0.2, -0.15) is 0 Å². The maximum Gasteiger partial charge on any atom is 0.0611 e. The lowest BCUT2D eigenvalue weighted by Gasteiger charge is -2.35. The molecule has 0 amide bonds. The van der Waals surface area contributed by atoms with Crippen molar-refractivity contribution in [2.45, 2.75) is 58.5 Å². The van der Waals surface area contributed by atoms with E-state index >= 15 is 0 Å². The van der Waals surface area contributed by atoms with Crippen LogP contribution in [0.25, 0.3) is 0 Å². The average molecular weight is 242 g/mol. The Labute approximate surface area is 107 Å². The van der Waals surface area contributed by atoms with E-state index < -0.39 is 0 Å². The van der Waals surface area contributed by atoms with Crippen molar-refractivity contribution in [2.75, 3.05) is 26.2 Å². The Bertz CT molecular complexity index is 222. The normalized spacial score (nSPS) is 27.0. The Kier molecular flexibility index (Phi) is 5.90. The first-order chi connectivity index (χ1) is 8.04. The Hall–Kier alpha value is -0.120. The minimum atomic E-state index is -0.127. The largest absolute Gasteiger partial charge is 0.394 e. The lowest BCUT2D eigenvalue weighted by molar-refractivity contribution is 0.125. The molecule has 0 radical (unpaired) electrons. The SMILES string of the molecule is CCNC(C)(CO)CC(C)N1CCC(CC)C1. The predicted molar refractivity (Wildman–Crippen MR) is 73.2 cm³/mol. The molecule has 0 spiro atoms. The van der Waals surface area contributed by atoms with Crippen molar-refractivity contribution in [1.29, 1.82) is 0 Å². The average Bonchev–Trinajstić information content (AvgIpc) is 2.78. The number of nitrogens with zero attached hydrogens (tertiary/aromatic N) is 1. The highest BCUT2D eigenvalue weighted by atomic mass is 16.3. The smallest absolute Gasteiger partial charge is 0.0611 e. The van der Waals surface area contributed by atoms with Crippen LogP contribution in [-0.4, -0.2) is 47.8 Å². The van der Waals surface area contributed by atoms with Gasteiger partial charge in [0.15, 0.2) is 0 Å². The molecule has 3 heteroatoms. The molecule has 1 aliphatic rings. The predicted octanol–water partition coefficient (Wildman–Crippen LogP) is 1.86. The van der Waals surface area contributed by atoms with Crippen LogP contribution in [0.5, 0.6) is 0 Å². The highest BCUT2D eigenvalue weighted by Crippen LogP contribution is 2.24. The second-order valence-corrected chi connectivity index (χ2v) is 5.86. The summed E-state index contributed by atoms with van der Waals surface area (Å²) in [5.41, 5.74) is -0.127. The summed E-state index contributed by atoms with van der Waals surface area (Å²) in [5, 5.41) is 12.9. The summed E-state index contributed by atoms with van der Waals surface area (Å²) in [6, 6.07) is 0.558. The third kappa shape index (κ3) is 4.23. The van der Waals surface area contributed by atoms with Crippen LogP contribution in [0.4, 0.5) is 0 Å². The topological polar surface area (TPSA) is 35.5 Å². The van der Waals surface area contributed by atoms with Crippen LogP contribution in [0, 0.1) is 5.92 Å². The van der Waals surface area contributed by atoms with Crippen molar-refractivity contribution in [1.82, 2.24) is 10.2 Å². The summed E-state index contributed by atoms with van der Waals surface area (Å²) < 4.78 is 0. The molecule has 2 N–H and O–H groups in total. The van der Waals surface area contributed by atoms with Crippen LogP contribution >= 0.6 is 0 Å². The van der Waals surface area contributed by atoms with E-state index in [0.29, 0.717) is 6.04 Å². The van der Waals surface area contributed by atoms with Crippen molar-refractivity contribution in [3.63, 3.8) is 0 Å². The molecule has 1 rings (SSSR count). The van der Waals surface area contributed by atoms with Crippen molar-refractivity contribution in [3.8, 4) is 0 Å². The van der Waals surface area contributed by atoms with Gasteiger partial charge in [0.1, 0.15) is 0 Å². The highest BCUT2D eigenvalue weighted by Gasteiger charge is 2.30. The minimum Gasteiger partial charge on any atom is -0.394 e. The molecular weight excluding hydrogens is 212 g/mol. The molecule has 0 bridgehead atoms. The highest BCUT2D eigenvalue weighted by molar-refractivity contribution is 4.89. The number of rotatable bonds is 7. The van der Waals surface area contributed by atoms with E-state index in [0.717, 1.165) is 18.9 Å². The molecule has 0 aromatic heterocycles. The van der Waals surface area contributed by atoms with Gasteiger partial charge in [0, 0.05) is 18.1 Å². The van der Waals surface area contributed by atoms with Crippen LogP contribution in [0.1, 0.15) is 47.0 Å². The van der Waals surface area contributed by atoms with E-state index in [2.05, 4.69) is 37.9 Å². The standard InChI is InChI=1S/C14H30N2O/c1-5-13-7-8-16(10-13)12(3)9-14(4,11-17)15-6-2/h12-13,15,17H,5-11H2,1-4H3. The third-order valence-corrected chi connectivity index (χ3v) is 4.22. The number of hydrogen-bond acceptors (Lipinski definition) is 3. The summed E-state index contributed by atoms with van der Waals surface area (Å²) in [5.74, 6) is 0.886. The fourth-order valence-electron chi connectivity index (χ4n) is 3.00. The fraction of sp³-hybridized carbons (Fsp3) is 1.00. The van der Waals surface area contributed by atoms with Gasteiger partial charge >= 0.3 is 0 Å². The summed E-state index contributed by atoms with van der Waals surface area (Å²) in [6.07, 6.45) is 3.67. The molecule has 3 atom stereocenters. The zero-order valence-electron chi connectivity index (χ0n) is 12.0. The summed E-state index contributed by atoms with van der Waals surface area (Å²) in [4.78, 5) is 2.58. The van der Waals surface area contributed by atoms with Gasteiger partial charge in [-0.1, -0.05) is 20.3 Å². The molecule has 0 aromatic carbocycles. The lowest BCUT2D eigenvalue weighted by Crippen LogP contribution is -2.50. The van der Waals surface area contributed by atoms with Gasteiger partial charge in [0.2, 0.25) is 0 Å². The number of likely N-dealkylation sites (tertiary alicyclic amines) is 1. The molecule has 1 heterocycles. The van der Waals surface area contributed by atoms with Gasteiger partial charge in [-0.3, -0.25) is 0 Å². The quantitative estimate of drug-likeness (QED) is 0.715. The maximum absolute atomic E-state index is 9.53. The first-order valence-electron chi connectivity index (χ1n) is 7.14. The molecule has 3 nitrogen and oxygen atoms in total. The number of hydrogen-bond donors (Lipinski definition) is 2. The first kappa shape index (κ1) is 14.9. The van der Waals surface area contributed by atoms with E-state index in [-0.39, 0.29) is 12.1 Å². The van der Waals surface area contributed by atoms with E-state index in [9.17, 15) is 5.11 Å². The molecule has 17 heavy (non-hydrogen) atoms. The van der Waals surface area contributed by atoms with Gasteiger partial charge in [-0.25, -0.2) is 0 Å². The molecule has 1 aliphatic heterocycles. The van der Waals surface area contributed by atoms with Gasteiger partial charge < -0.3 is 15.3 Å². The Morgan fingerprint density at radius 3 is 2.65 bits per heavy atom. The summed E-state index contributed by atoms with van der Waals surface area (Å²) in [6.45, 7) is 12.4. The zero-order chi connectivity index (χ0) is 12.9. The third-order valence-electron chi connectivity index (χ3n) is 4.22. The van der Waals surface area contributed by atoms with Crippen molar-refractivity contribution in [3.05, 3.63) is 0 Å². The monoisotopic (exact) mass is 242 g/mol. The van der Waals surface area contributed by atoms with Crippen LogP contribution in [-0.2, 0) is 0 Å². The van der Waals surface area contributed by atoms with Crippen molar-refractivity contribution in [2.24, 2.45) is 5.92 Å². The maximum atomic E-state index is 9.53. The van der Waals surface area contributed by atoms with E-state index in [1.807, 2.05) is 0 Å². The van der Waals surface area contributed by atoms with E-state index in [4.69, 9.17) is 0 Å². The van der Waals surface area contributed by atoms with Gasteiger partial charge in [-0.05, 0) is 45.7 Å². The van der Waals surface area contributed by atoms with Crippen LogP contribution in [0.15, 0.2) is 0 Å². The van der Waals surface area contributed by atoms with Gasteiger partial charge in [0.25, 0.3) is 0 Å². The molecular formula is C14H30N2O. The first-order valence-corrected chi connectivity index (χ1v) is 7.14. The Morgan fingerprint density at radius 2 is 2.18 bits per heavy atom. The van der Waals surface area contributed by atoms with Crippen molar-refractivity contribution >= 4 is 0 Å². The molecule has 1 fully saturated rings. The minimum absolute atomic E-state index is 0.127. The second-order valence-electron chi connectivity index (χ2n) is 5.86. The van der Waals surface area contributed by atoms with Crippen LogP contribution < -0.4 is 5.32 Å².